The summed E-state index contributed by atoms with van der Waals surface area (Å²) in [6.07, 6.45) is 1.13. The second kappa shape index (κ2) is 9.16. The van der Waals surface area contributed by atoms with E-state index < -0.39 is 10.9 Å². The highest BCUT2D eigenvalue weighted by atomic mass is 35.5. The average Bonchev–Trinajstić information content (AvgIpc) is 2.62. The maximum Gasteiger partial charge on any atom is 0.339 e. The van der Waals surface area contributed by atoms with Crippen LogP contribution in [0.15, 0.2) is 41.6 Å². The molecule has 1 aromatic heterocycles. The Morgan fingerprint density at radius 2 is 2.12 bits per heavy atom. The number of carbonyl (C=O) groups excluding carboxylic acids is 2. The number of carbonyl (C=O) groups is 2. The molecule has 1 N–H and O–H groups in total. The molecular weight excluding hydrogens is 382 g/mol. The van der Waals surface area contributed by atoms with Gasteiger partial charge in [0.25, 0.3) is 5.69 Å². The van der Waals surface area contributed by atoms with Crippen LogP contribution in [0.2, 0.25) is 5.02 Å². The Bertz CT molecular complexity index is 829. The van der Waals surface area contributed by atoms with Crippen LogP contribution in [0.1, 0.15) is 17.3 Å². The summed E-state index contributed by atoms with van der Waals surface area (Å²) < 4.78 is 4.90. The van der Waals surface area contributed by atoms with Gasteiger partial charge in [0.15, 0.2) is 0 Å². The maximum absolute atomic E-state index is 12.0. The molecule has 0 unspecified atom stereocenters. The Morgan fingerprint density at radius 3 is 2.73 bits per heavy atom. The lowest BCUT2D eigenvalue weighted by molar-refractivity contribution is -0.385. The zero-order valence-corrected chi connectivity index (χ0v) is 15.2. The first-order valence-corrected chi connectivity index (χ1v) is 8.77. The molecule has 0 radical (unpaired) electrons. The Kier molecular flexibility index (Phi) is 6.93. The number of hydrogen-bond acceptors (Lipinski definition) is 7. The van der Waals surface area contributed by atoms with E-state index in [9.17, 15) is 19.7 Å². The van der Waals surface area contributed by atoms with E-state index in [0.717, 1.165) is 18.0 Å². The molecular formula is C16H14ClN3O5S. The number of rotatable bonds is 7. The van der Waals surface area contributed by atoms with Gasteiger partial charge in [0.1, 0.15) is 6.20 Å². The van der Waals surface area contributed by atoms with Gasteiger partial charge in [0.05, 0.1) is 32.9 Å². The summed E-state index contributed by atoms with van der Waals surface area (Å²) in [7, 11) is 0. The number of nitrogens with one attached hydrogen (secondary N) is 1. The van der Waals surface area contributed by atoms with E-state index in [1.165, 1.54) is 24.3 Å². The van der Waals surface area contributed by atoms with Crippen LogP contribution in [0, 0.1) is 10.1 Å². The van der Waals surface area contributed by atoms with E-state index in [0.29, 0.717) is 10.7 Å². The number of ether oxygens (including phenoxy) is 1. The Morgan fingerprint density at radius 1 is 1.35 bits per heavy atom. The number of pyridine rings is 1. The molecule has 0 atom stereocenters. The van der Waals surface area contributed by atoms with Crippen molar-refractivity contribution in [1.82, 2.24) is 4.98 Å². The zero-order chi connectivity index (χ0) is 19.1. The van der Waals surface area contributed by atoms with Gasteiger partial charge in [-0.05, 0) is 31.2 Å². The van der Waals surface area contributed by atoms with Crippen LogP contribution in [0.5, 0.6) is 0 Å². The third-order valence-electron chi connectivity index (χ3n) is 3.03. The van der Waals surface area contributed by atoms with Gasteiger partial charge in [-0.2, -0.15) is 0 Å². The molecule has 0 saturated heterocycles. The number of amides is 1. The van der Waals surface area contributed by atoms with Gasteiger partial charge in [-0.3, -0.25) is 14.9 Å². The van der Waals surface area contributed by atoms with Gasteiger partial charge < -0.3 is 10.1 Å². The van der Waals surface area contributed by atoms with Crippen LogP contribution >= 0.6 is 23.4 Å². The van der Waals surface area contributed by atoms with Crippen molar-refractivity contribution in [1.29, 1.82) is 0 Å². The van der Waals surface area contributed by atoms with Crippen molar-refractivity contribution in [3.05, 3.63) is 57.2 Å². The van der Waals surface area contributed by atoms with Gasteiger partial charge in [0.2, 0.25) is 5.91 Å². The monoisotopic (exact) mass is 395 g/mol. The predicted octanol–water partition coefficient (Wildman–Crippen LogP) is 3.55. The molecule has 26 heavy (non-hydrogen) atoms. The lowest BCUT2D eigenvalue weighted by atomic mass is 10.2. The normalized spacial score (nSPS) is 10.2. The predicted molar refractivity (Wildman–Crippen MR) is 97.7 cm³/mol. The summed E-state index contributed by atoms with van der Waals surface area (Å²) in [4.78, 5) is 37.8. The van der Waals surface area contributed by atoms with E-state index in [4.69, 9.17) is 16.3 Å². The molecule has 1 amide bonds. The second-order valence-electron chi connectivity index (χ2n) is 4.86. The van der Waals surface area contributed by atoms with E-state index in [-0.39, 0.29) is 34.5 Å². The van der Waals surface area contributed by atoms with Crippen LogP contribution in [-0.4, -0.2) is 34.1 Å². The van der Waals surface area contributed by atoms with E-state index in [2.05, 4.69) is 10.3 Å². The third kappa shape index (κ3) is 5.43. The second-order valence-corrected chi connectivity index (χ2v) is 6.27. The number of esters is 1. The summed E-state index contributed by atoms with van der Waals surface area (Å²) in [5.41, 5.74) is 0.446. The summed E-state index contributed by atoms with van der Waals surface area (Å²) in [5.74, 6) is -0.854. The number of thioether (sulfide) groups is 1. The number of nitrogens with zero attached hydrogens (tertiary/aromatic N) is 2. The molecule has 0 spiro atoms. The standard InChI is InChI=1S/C16H14ClN3O5S/c1-2-25-16(22)12-7-10(3-5-13(12)17)19-14(21)9-26-15-6-4-11(8-18-15)20(23)24/h3-8H,2,9H2,1H3,(H,19,21). The van der Waals surface area contributed by atoms with Gasteiger partial charge in [-0.15, -0.1) is 0 Å². The number of aromatic nitrogens is 1. The topological polar surface area (TPSA) is 111 Å². The Labute approximate surface area is 158 Å². The lowest BCUT2D eigenvalue weighted by Crippen LogP contribution is -2.15. The van der Waals surface area contributed by atoms with Crippen LogP contribution in [-0.2, 0) is 9.53 Å². The molecule has 136 valence electrons. The number of halogens is 1. The summed E-state index contributed by atoms with van der Waals surface area (Å²) in [5, 5.41) is 13.9. The molecule has 8 nitrogen and oxygen atoms in total. The van der Waals surface area contributed by atoms with Gasteiger partial charge in [0, 0.05) is 11.8 Å². The zero-order valence-electron chi connectivity index (χ0n) is 13.6. The fraction of sp³-hybridized carbons (Fsp3) is 0.188. The number of nitro groups is 1. The summed E-state index contributed by atoms with van der Waals surface area (Å²) in [6.45, 7) is 1.89. The van der Waals surface area contributed by atoms with E-state index in [1.807, 2.05) is 0 Å². The molecule has 10 heteroatoms. The lowest BCUT2D eigenvalue weighted by Gasteiger charge is -2.08. The van der Waals surface area contributed by atoms with Crippen molar-refractivity contribution >= 4 is 46.6 Å². The van der Waals surface area contributed by atoms with Gasteiger partial charge in [-0.1, -0.05) is 23.4 Å². The highest BCUT2D eigenvalue weighted by Crippen LogP contribution is 2.22. The van der Waals surface area contributed by atoms with Crippen LogP contribution in [0.25, 0.3) is 0 Å². The quantitative estimate of drug-likeness (QED) is 0.330. The van der Waals surface area contributed by atoms with Crippen LogP contribution in [0.4, 0.5) is 11.4 Å². The molecule has 0 bridgehead atoms. The SMILES string of the molecule is CCOC(=O)c1cc(NC(=O)CSc2ccc([N+](=O)[O-])cn2)ccc1Cl. The van der Waals surface area contributed by atoms with Crippen molar-refractivity contribution in [2.75, 3.05) is 17.7 Å². The number of anilines is 1. The summed E-state index contributed by atoms with van der Waals surface area (Å²) in [6, 6.07) is 7.29. The minimum atomic E-state index is -0.571. The first-order chi connectivity index (χ1) is 12.4. The van der Waals surface area contributed by atoms with Gasteiger partial charge >= 0.3 is 5.97 Å². The van der Waals surface area contributed by atoms with E-state index >= 15 is 0 Å². The summed E-state index contributed by atoms with van der Waals surface area (Å²) >= 11 is 7.09. The number of benzene rings is 1. The fourth-order valence-corrected chi connectivity index (χ4v) is 2.71. The first-order valence-electron chi connectivity index (χ1n) is 7.40. The van der Waals surface area contributed by atoms with Crippen molar-refractivity contribution in [2.24, 2.45) is 0 Å². The number of hydrogen-bond donors (Lipinski definition) is 1. The molecule has 0 fully saturated rings. The van der Waals surface area contributed by atoms with Crippen molar-refractivity contribution < 1.29 is 19.2 Å². The van der Waals surface area contributed by atoms with Crippen molar-refractivity contribution in [3.63, 3.8) is 0 Å². The van der Waals surface area contributed by atoms with Crippen LogP contribution < -0.4 is 5.32 Å². The highest BCUT2D eigenvalue weighted by Gasteiger charge is 2.14. The van der Waals surface area contributed by atoms with E-state index in [1.54, 1.807) is 13.0 Å². The fourth-order valence-electron chi connectivity index (χ4n) is 1.87. The Balaban J connectivity index is 1.96. The minimum Gasteiger partial charge on any atom is -0.462 e. The molecule has 2 aromatic rings. The molecule has 0 saturated carbocycles. The molecule has 0 aliphatic carbocycles. The molecule has 0 aliphatic rings. The molecule has 2 rings (SSSR count). The van der Waals surface area contributed by atoms with Crippen molar-refractivity contribution in [3.8, 4) is 0 Å². The minimum absolute atomic E-state index is 0.0438. The molecule has 0 aliphatic heterocycles. The molecule has 1 heterocycles. The van der Waals surface area contributed by atoms with Crippen molar-refractivity contribution in [2.45, 2.75) is 11.9 Å². The smallest absolute Gasteiger partial charge is 0.339 e. The first kappa shape index (κ1) is 19.7. The maximum atomic E-state index is 12.0. The largest absolute Gasteiger partial charge is 0.462 e. The Hall–Kier alpha value is -2.65. The highest BCUT2D eigenvalue weighted by molar-refractivity contribution is 7.99. The molecule has 1 aromatic carbocycles. The van der Waals surface area contributed by atoms with Gasteiger partial charge in [-0.25, -0.2) is 9.78 Å². The average molecular weight is 396 g/mol. The van der Waals surface area contributed by atoms with Crippen LogP contribution in [0.3, 0.4) is 0 Å². The third-order valence-corrected chi connectivity index (χ3v) is 4.30.